The summed E-state index contributed by atoms with van der Waals surface area (Å²) in [4.78, 5) is 12.2. The highest BCUT2D eigenvalue weighted by Gasteiger charge is 2.07. The second-order valence-electron chi connectivity index (χ2n) is 4.71. The summed E-state index contributed by atoms with van der Waals surface area (Å²) < 4.78 is 5.50. The Morgan fingerprint density at radius 1 is 1.05 bits per heavy atom. The molecule has 0 radical (unpaired) electrons. The van der Waals surface area contributed by atoms with Crippen LogP contribution in [0.3, 0.4) is 0 Å². The third-order valence-electron chi connectivity index (χ3n) is 2.99. The molecule has 0 fully saturated rings. The highest BCUT2D eigenvalue weighted by atomic mass is 16.5. The quantitative estimate of drug-likeness (QED) is 0.645. The Balaban J connectivity index is 2.00. The van der Waals surface area contributed by atoms with Gasteiger partial charge in [-0.2, -0.15) is 0 Å². The van der Waals surface area contributed by atoms with E-state index < -0.39 is 0 Å². The lowest BCUT2D eigenvalue weighted by atomic mass is 10.0. The maximum atomic E-state index is 12.2. The number of rotatable bonds is 6. The van der Waals surface area contributed by atoms with Crippen molar-refractivity contribution < 1.29 is 9.53 Å². The molecule has 0 bridgehead atoms. The molecule has 104 valence electrons. The number of benzene rings is 2. The second kappa shape index (κ2) is 6.75. The third-order valence-corrected chi connectivity index (χ3v) is 2.99. The minimum absolute atomic E-state index is 0.0943. The standard InChI is InChI=1S/C17H19NO2/c1-2-11-20-16-9-5-14(6-10-16)17(19)12-13-3-7-15(18)8-4-13/h3-10H,2,11-12,18H2,1H3. The van der Waals surface area contributed by atoms with Gasteiger partial charge in [-0.15, -0.1) is 0 Å². The molecule has 0 unspecified atom stereocenters. The van der Waals surface area contributed by atoms with Gasteiger partial charge in [-0.3, -0.25) is 4.79 Å². The first-order valence-corrected chi connectivity index (χ1v) is 6.79. The van der Waals surface area contributed by atoms with Crippen molar-refractivity contribution in [3.05, 3.63) is 59.7 Å². The summed E-state index contributed by atoms with van der Waals surface area (Å²) in [7, 11) is 0. The fourth-order valence-electron chi connectivity index (χ4n) is 1.88. The molecule has 0 aliphatic carbocycles. The van der Waals surface area contributed by atoms with Crippen molar-refractivity contribution >= 4 is 11.5 Å². The van der Waals surface area contributed by atoms with Crippen molar-refractivity contribution in [3.8, 4) is 5.75 Å². The number of ether oxygens (including phenoxy) is 1. The normalized spacial score (nSPS) is 10.2. The Hall–Kier alpha value is -2.29. The highest BCUT2D eigenvalue weighted by Crippen LogP contribution is 2.15. The van der Waals surface area contributed by atoms with Crippen LogP contribution in [0.15, 0.2) is 48.5 Å². The van der Waals surface area contributed by atoms with E-state index in [2.05, 4.69) is 6.92 Å². The summed E-state index contributed by atoms with van der Waals surface area (Å²) >= 11 is 0. The molecule has 2 N–H and O–H groups in total. The van der Waals surface area contributed by atoms with Crippen LogP contribution in [0.2, 0.25) is 0 Å². The summed E-state index contributed by atoms with van der Waals surface area (Å²) in [5, 5.41) is 0. The van der Waals surface area contributed by atoms with E-state index in [4.69, 9.17) is 10.5 Å². The Morgan fingerprint density at radius 3 is 2.30 bits per heavy atom. The van der Waals surface area contributed by atoms with Gasteiger partial charge in [-0.05, 0) is 48.4 Å². The van der Waals surface area contributed by atoms with E-state index in [1.165, 1.54) is 0 Å². The SMILES string of the molecule is CCCOc1ccc(C(=O)Cc2ccc(N)cc2)cc1. The molecular weight excluding hydrogens is 250 g/mol. The largest absolute Gasteiger partial charge is 0.494 e. The third kappa shape index (κ3) is 3.85. The topological polar surface area (TPSA) is 52.3 Å². The van der Waals surface area contributed by atoms with E-state index in [1.54, 1.807) is 0 Å². The van der Waals surface area contributed by atoms with Crippen molar-refractivity contribution in [1.29, 1.82) is 0 Å². The molecule has 2 aromatic carbocycles. The number of nitrogens with two attached hydrogens (primary N) is 1. The summed E-state index contributed by atoms with van der Waals surface area (Å²) in [6.45, 7) is 2.75. The number of carbonyl (C=O) groups is 1. The molecule has 0 aromatic heterocycles. The average molecular weight is 269 g/mol. The lowest BCUT2D eigenvalue weighted by molar-refractivity contribution is 0.0993. The molecule has 0 aliphatic heterocycles. The van der Waals surface area contributed by atoms with Gasteiger partial charge in [0.25, 0.3) is 0 Å². The molecule has 2 aromatic rings. The number of hydrogen-bond acceptors (Lipinski definition) is 3. The summed E-state index contributed by atoms with van der Waals surface area (Å²) in [5.74, 6) is 0.896. The Kier molecular flexibility index (Phi) is 4.77. The monoisotopic (exact) mass is 269 g/mol. The van der Waals surface area contributed by atoms with Crippen molar-refractivity contribution in [2.24, 2.45) is 0 Å². The fraction of sp³-hybridized carbons (Fsp3) is 0.235. The van der Waals surface area contributed by atoms with E-state index in [1.807, 2.05) is 48.5 Å². The van der Waals surface area contributed by atoms with Crippen LogP contribution in [0.4, 0.5) is 5.69 Å². The number of ketones is 1. The van der Waals surface area contributed by atoms with Gasteiger partial charge in [0.1, 0.15) is 5.75 Å². The van der Waals surface area contributed by atoms with Gasteiger partial charge in [0.05, 0.1) is 6.61 Å². The van der Waals surface area contributed by atoms with E-state index in [9.17, 15) is 4.79 Å². The van der Waals surface area contributed by atoms with Gasteiger partial charge in [-0.1, -0.05) is 19.1 Å². The van der Waals surface area contributed by atoms with Crippen LogP contribution in [-0.2, 0) is 6.42 Å². The average Bonchev–Trinajstić information content (AvgIpc) is 2.48. The lowest BCUT2D eigenvalue weighted by Crippen LogP contribution is -2.04. The van der Waals surface area contributed by atoms with Gasteiger partial charge in [-0.25, -0.2) is 0 Å². The first-order chi connectivity index (χ1) is 9.69. The summed E-state index contributed by atoms with van der Waals surface area (Å²) in [6, 6.07) is 14.7. The molecule has 3 nitrogen and oxygen atoms in total. The number of hydrogen-bond donors (Lipinski definition) is 1. The second-order valence-corrected chi connectivity index (χ2v) is 4.71. The minimum atomic E-state index is 0.0943. The van der Waals surface area contributed by atoms with Crippen LogP contribution in [0.25, 0.3) is 0 Å². The van der Waals surface area contributed by atoms with Crippen LogP contribution in [0.5, 0.6) is 5.75 Å². The fourth-order valence-corrected chi connectivity index (χ4v) is 1.88. The molecule has 0 saturated heterocycles. The van der Waals surface area contributed by atoms with E-state index >= 15 is 0 Å². The smallest absolute Gasteiger partial charge is 0.167 e. The number of anilines is 1. The highest BCUT2D eigenvalue weighted by molar-refractivity contribution is 5.97. The molecule has 0 atom stereocenters. The first kappa shape index (κ1) is 14.1. The van der Waals surface area contributed by atoms with E-state index in [-0.39, 0.29) is 5.78 Å². The number of carbonyl (C=O) groups excluding carboxylic acids is 1. The zero-order chi connectivity index (χ0) is 14.4. The van der Waals surface area contributed by atoms with Crippen molar-refractivity contribution in [1.82, 2.24) is 0 Å². The summed E-state index contributed by atoms with van der Waals surface area (Å²) in [6.07, 6.45) is 1.35. The lowest BCUT2D eigenvalue weighted by Gasteiger charge is -2.06. The van der Waals surface area contributed by atoms with E-state index in [0.29, 0.717) is 24.3 Å². The van der Waals surface area contributed by atoms with Crippen LogP contribution in [0.1, 0.15) is 29.3 Å². The molecule has 20 heavy (non-hydrogen) atoms. The van der Waals surface area contributed by atoms with Gasteiger partial charge in [0, 0.05) is 17.7 Å². The van der Waals surface area contributed by atoms with Crippen LogP contribution in [0, 0.1) is 0 Å². The Labute approximate surface area is 119 Å². The maximum absolute atomic E-state index is 12.2. The molecule has 2 rings (SSSR count). The number of nitrogen functional groups attached to an aromatic ring is 1. The molecular formula is C17H19NO2. The molecule has 0 amide bonds. The van der Waals surface area contributed by atoms with Crippen LogP contribution >= 0.6 is 0 Å². The van der Waals surface area contributed by atoms with Crippen molar-refractivity contribution in [3.63, 3.8) is 0 Å². The van der Waals surface area contributed by atoms with Gasteiger partial charge in [0.15, 0.2) is 5.78 Å². The maximum Gasteiger partial charge on any atom is 0.167 e. The van der Waals surface area contributed by atoms with Gasteiger partial charge >= 0.3 is 0 Å². The Morgan fingerprint density at radius 2 is 1.70 bits per heavy atom. The molecule has 0 spiro atoms. The predicted molar refractivity (Wildman–Crippen MR) is 81.1 cm³/mol. The zero-order valence-corrected chi connectivity index (χ0v) is 11.6. The van der Waals surface area contributed by atoms with Crippen molar-refractivity contribution in [2.45, 2.75) is 19.8 Å². The van der Waals surface area contributed by atoms with Crippen LogP contribution < -0.4 is 10.5 Å². The first-order valence-electron chi connectivity index (χ1n) is 6.79. The van der Waals surface area contributed by atoms with Gasteiger partial charge < -0.3 is 10.5 Å². The predicted octanol–water partition coefficient (Wildman–Crippen LogP) is 3.48. The van der Waals surface area contributed by atoms with Crippen LogP contribution in [-0.4, -0.2) is 12.4 Å². The molecule has 0 aliphatic rings. The van der Waals surface area contributed by atoms with E-state index in [0.717, 1.165) is 17.7 Å². The number of Topliss-reactive ketones (excluding diaryl/α,β-unsaturated/α-hetero) is 1. The molecule has 0 heterocycles. The van der Waals surface area contributed by atoms with Crippen molar-refractivity contribution in [2.75, 3.05) is 12.3 Å². The molecule has 0 saturated carbocycles. The minimum Gasteiger partial charge on any atom is -0.494 e. The van der Waals surface area contributed by atoms with Gasteiger partial charge in [0.2, 0.25) is 0 Å². The summed E-state index contributed by atoms with van der Waals surface area (Å²) in [5.41, 5.74) is 8.00. The zero-order valence-electron chi connectivity index (χ0n) is 11.6. The molecule has 3 heteroatoms. The Bertz CT molecular complexity index is 559.